The molecular formula is C21H32ClN3O3S. The quantitative estimate of drug-likeness (QED) is 0.660. The van der Waals surface area contributed by atoms with E-state index in [1.165, 1.54) is 29.3 Å². The number of nitrogens with zero attached hydrogens (tertiary/aromatic N) is 2. The molecule has 1 aromatic carbocycles. The maximum atomic E-state index is 12.9. The first-order valence-electron chi connectivity index (χ1n) is 10.6. The summed E-state index contributed by atoms with van der Waals surface area (Å²) in [6.45, 7) is 6.94. The number of benzene rings is 1. The van der Waals surface area contributed by atoms with Crippen LogP contribution in [0.4, 0.5) is 0 Å². The number of likely N-dealkylation sites (tertiary alicyclic amines) is 1. The Kier molecular flexibility index (Phi) is 7.96. The largest absolute Gasteiger partial charge is 0.356 e. The van der Waals surface area contributed by atoms with E-state index in [2.05, 4.69) is 17.1 Å². The van der Waals surface area contributed by atoms with Crippen molar-refractivity contribution in [3.63, 3.8) is 0 Å². The Hall–Kier alpha value is -1.15. The van der Waals surface area contributed by atoms with Crippen molar-refractivity contribution < 1.29 is 13.2 Å². The lowest BCUT2D eigenvalue weighted by Gasteiger charge is -2.31. The van der Waals surface area contributed by atoms with E-state index in [4.69, 9.17) is 11.6 Å². The summed E-state index contributed by atoms with van der Waals surface area (Å²) in [6.07, 6.45) is 4.86. The zero-order valence-corrected chi connectivity index (χ0v) is 18.7. The molecule has 0 aliphatic carbocycles. The van der Waals surface area contributed by atoms with Crippen LogP contribution in [0.25, 0.3) is 0 Å². The Labute approximate surface area is 179 Å². The zero-order chi connectivity index (χ0) is 20.9. The first kappa shape index (κ1) is 22.5. The molecule has 3 rings (SSSR count). The Bertz CT molecular complexity index is 777. The first-order chi connectivity index (χ1) is 13.9. The Balaban J connectivity index is 1.46. The van der Waals surface area contributed by atoms with Gasteiger partial charge in [0, 0.05) is 24.7 Å². The normalized spacial score (nSPS) is 22.5. The average molecular weight is 442 g/mol. The summed E-state index contributed by atoms with van der Waals surface area (Å²) in [4.78, 5) is 15.3. The number of halogens is 1. The molecular weight excluding hydrogens is 410 g/mol. The molecule has 0 aromatic heterocycles. The van der Waals surface area contributed by atoms with Gasteiger partial charge in [-0.05, 0) is 81.9 Å². The number of hydrogen-bond acceptors (Lipinski definition) is 4. The fraction of sp³-hybridized carbons (Fsp3) is 0.667. The second kappa shape index (κ2) is 10.2. The highest BCUT2D eigenvalue weighted by Gasteiger charge is 2.33. The summed E-state index contributed by atoms with van der Waals surface area (Å²) in [7, 11) is -3.60. The van der Waals surface area contributed by atoms with Crippen LogP contribution < -0.4 is 5.32 Å². The lowest BCUT2D eigenvalue weighted by atomic mass is 9.98. The van der Waals surface area contributed by atoms with Crippen LogP contribution in [0.5, 0.6) is 0 Å². The molecule has 0 bridgehead atoms. The Morgan fingerprint density at radius 3 is 2.52 bits per heavy atom. The van der Waals surface area contributed by atoms with Crippen LogP contribution in [-0.4, -0.2) is 62.8 Å². The predicted molar refractivity (Wildman–Crippen MR) is 115 cm³/mol. The predicted octanol–water partition coefficient (Wildman–Crippen LogP) is 2.98. The molecule has 1 aromatic rings. The molecule has 0 radical (unpaired) electrons. The Morgan fingerprint density at radius 2 is 1.83 bits per heavy atom. The van der Waals surface area contributed by atoms with Crippen LogP contribution >= 0.6 is 11.6 Å². The SMILES string of the molecule is CC1CCN(CCCNC(=O)C2CCCN(S(=O)(=O)c3ccc(Cl)cc3)C2)CC1. The molecule has 2 fully saturated rings. The number of hydrogen-bond donors (Lipinski definition) is 1. The van der Waals surface area contributed by atoms with Crippen molar-refractivity contribution in [2.75, 3.05) is 39.3 Å². The maximum absolute atomic E-state index is 12.9. The van der Waals surface area contributed by atoms with Gasteiger partial charge in [0.05, 0.1) is 10.8 Å². The molecule has 1 amide bonds. The number of rotatable bonds is 7. The third-order valence-electron chi connectivity index (χ3n) is 6.03. The molecule has 0 saturated carbocycles. The fourth-order valence-electron chi connectivity index (χ4n) is 4.07. The number of sulfonamides is 1. The second-order valence-corrected chi connectivity index (χ2v) is 10.7. The van der Waals surface area contributed by atoms with Gasteiger partial charge in [-0.15, -0.1) is 0 Å². The number of nitrogens with one attached hydrogen (secondary N) is 1. The molecule has 2 heterocycles. The molecule has 2 aliphatic rings. The molecule has 0 spiro atoms. The molecule has 29 heavy (non-hydrogen) atoms. The van der Waals surface area contributed by atoms with Gasteiger partial charge in [-0.3, -0.25) is 4.79 Å². The van der Waals surface area contributed by atoms with E-state index < -0.39 is 10.0 Å². The molecule has 1 atom stereocenters. The van der Waals surface area contributed by atoms with Crippen LogP contribution in [0.15, 0.2) is 29.2 Å². The zero-order valence-electron chi connectivity index (χ0n) is 17.1. The van der Waals surface area contributed by atoms with E-state index >= 15 is 0 Å². The van der Waals surface area contributed by atoms with E-state index in [9.17, 15) is 13.2 Å². The highest BCUT2D eigenvalue weighted by atomic mass is 35.5. The van der Waals surface area contributed by atoms with Crippen molar-refractivity contribution >= 4 is 27.5 Å². The van der Waals surface area contributed by atoms with Gasteiger partial charge in [-0.25, -0.2) is 8.42 Å². The molecule has 162 valence electrons. The smallest absolute Gasteiger partial charge is 0.243 e. The monoisotopic (exact) mass is 441 g/mol. The third-order valence-corrected chi connectivity index (χ3v) is 8.16. The van der Waals surface area contributed by atoms with E-state index in [-0.39, 0.29) is 23.3 Å². The number of carbonyl (C=O) groups excluding carboxylic acids is 1. The summed E-state index contributed by atoms with van der Waals surface area (Å²) in [5.41, 5.74) is 0. The van der Waals surface area contributed by atoms with Crippen LogP contribution in [0, 0.1) is 11.8 Å². The molecule has 2 saturated heterocycles. The molecule has 8 heteroatoms. The van der Waals surface area contributed by atoms with Gasteiger partial charge in [0.2, 0.25) is 15.9 Å². The van der Waals surface area contributed by atoms with Gasteiger partial charge in [-0.2, -0.15) is 4.31 Å². The summed E-state index contributed by atoms with van der Waals surface area (Å²) in [5, 5.41) is 3.51. The summed E-state index contributed by atoms with van der Waals surface area (Å²) >= 11 is 5.86. The average Bonchev–Trinajstić information content (AvgIpc) is 2.73. The molecule has 1 N–H and O–H groups in total. The molecule has 1 unspecified atom stereocenters. The standard InChI is InChI=1S/C21H32ClN3O3S/c1-17-9-14-24(15-10-17)12-3-11-23-21(26)18-4-2-13-25(16-18)29(27,28)20-7-5-19(22)6-8-20/h5-8,17-18H,2-4,9-16H2,1H3,(H,23,26). The van der Waals surface area contributed by atoms with Gasteiger partial charge in [0.15, 0.2) is 0 Å². The molecule has 6 nitrogen and oxygen atoms in total. The minimum atomic E-state index is -3.60. The Morgan fingerprint density at radius 1 is 1.14 bits per heavy atom. The summed E-state index contributed by atoms with van der Waals surface area (Å²) in [6, 6.07) is 6.18. The van der Waals surface area contributed by atoms with Gasteiger partial charge in [0.25, 0.3) is 0 Å². The van der Waals surface area contributed by atoms with E-state index in [1.54, 1.807) is 12.1 Å². The van der Waals surface area contributed by atoms with Crippen LogP contribution in [0.2, 0.25) is 5.02 Å². The van der Waals surface area contributed by atoms with Crippen molar-refractivity contribution in [3.05, 3.63) is 29.3 Å². The van der Waals surface area contributed by atoms with Crippen molar-refractivity contribution in [3.8, 4) is 0 Å². The van der Waals surface area contributed by atoms with Gasteiger partial charge in [0.1, 0.15) is 0 Å². The lowest BCUT2D eigenvalue weighted by Crippen LogP contribution is -2.45. The highest BCUT2D eigenvalue weighted by Crippen LogP contribution is 2.25. The van der Waals surface area contributed by atoms with Gasteiger partial charge in [-0.1, -0.05) is 18.5 Å². The summed E-state index contributed by atoms with van der Waals surface area (Å²) in [5.74, 6) is 0.499. The fourth-order valence-corrected chi connectivity index (χ4v) is 5.72. The minimum Gasteiger partial charge on any atom is -0.356 e. The maximum Gasteiger partial charge on any atom is 0.243 e. The molecule has 2 aliphatic heterocycles. The van der Waals surface area contributed by atoms with Crippen molar-refractivity contribution in [2.45, 2.75) is 43.9 Å². The van der Waals surface area contributed by atoms with Crippen molar-refractivity contribution in [2.24, 2.45) is 11.8 Å². The van der Waals surface area contributed by atoms with Crippen molar-refractivity contribution in [1.82, 2.24) is 14.5 Å². The van der Waals surface area contributed by atoms with Gasteiger partial charge < -0.3 is 10.2 Å². The third kappa shape index (κ3) is 6.17. The van der Waals surface area contributed by atoms with E-state index in [0.29, 0.717) is 24.5 Å². The van der Waals surface area contributed by atoms with E-state index in [0.717, 1.165) is 38.4 Å². The number of carbonyl (C=O) groups is 1. The van der Waals surface area contributed by atoms with Crippen LogP contribution in [-0.2, 0) is 14.8 Å². The van der Waals surface area contributed by atoms with E-state index in [1.807, 2.05) is 0 Å². The number of piperidine rings is 2. The second-order valence-electron chi connectivity index (χ2n) is 8.32. The minimum absolute atomic E-state index is 0.0340. The lowest BCUT2D eigenvalue weighted by molar-refractivity contribution is -0.126. The van der Waals surface area contributed by atoms with Crippen LogP contribution in [0.3, 0.4) is 0 Å². The van der Waals surface area contributed by atoms with Crippen LogP contribution in [0.1, 0.15) is 39.0 Å². The highest BCUT2D eigenvalue weighted by molar-refractivity contribution is 7.89. The first-order valence-corrected chi connectivity index (χ1v) is 12.4. The van der Waals surface area contributed by atoms with Gasteiger partial charge >= 0.3 is 0 Å². The van der Waals surface area contributed by atoms with Crippen molar-refractivity contribution in [1.29, 1.82) is 0 Å². The number of amides is 1. The topological polar surface area (TPSA) is 69.7 Å². The summed E-state index contributed by atoms with van der Waals surface area (Å²) < 4.78 is 27.2.